The van der Waals surface area contributed by atoms with Crippen LogP contribution in [0.25, 0.3) is 5.57 Å². The van der Waals surface area contributed by atoms with Crippen LogP contribution in [0.4, 0.5) is 0 Å². The summed E-state index contributed by atoms with van der Waals surface area (Å²) in [5, 5.41) is 0. The van der Waals surface area contributed by atoms with Crippen LogP contribution in [0.2, 0.25) is 0 Å². The second kappa shape index (κ2) is 5.56. The molecular weight excluding hydrogens is 232 g/mol. The summed E-state index contributed by atoms with van der Waals surface area (Å²) in [6.45, 7) is 6.68. The van der Waals surface area contributed by atoms with E-state index < -0.39 is 0 Å². The molecule has 2 rings (SSSR count). The zero-order chi connectivity index (χ0) is 13.9. The lowest BCUT2D eigenvalue weighted by molar-refractivity contribution is -0.114. The number of hydrogen-bond donors (Lipinski definition) is 0. The van der Waals surface area contributed by atoms with E-state index >= 15 is 0 Å². The van der Waals surface area contributed by atoms with Crippen molar-refractivity contribution in [1.29, 1.82) is 0 Å². The van der Waals surface area contributed by atoms with Crippen LogP contribution in [0.1, 0.15) is 51.2 Å². The molecule has 0 spiro atoms. The Kier molecular flexibility index (Phi) is 4.04. The first-order valence-corrected chi connectivity index (χ1v) is 6.98. The highest BCUT2D eigenvalue weighted by atomic mass is 16.1. The molecule has 0 fully saturated rings. The van der Waals surface area contributed by atoms with E-state index in [0.717, 1.165) is 12.8 Å². The molecule has 0 aromatic heterocycles. The van der Waals surface area contributed by atoms with E-state index in [1.54, 1.807) is 6.08 Å². The van der Waals surface area contributed by atoms with Gasteiger partial charge in [0, 0.05) is 6.42 Å². The molecule has 0 unspecified atom stereocenters. The highest BCUT2D eigenvalue weighted by molar-refractivity contribution is 5.90. The minimum atomic E-state index is 0.195. The van der Waals surface area contributed by atoms with Crippen molar-refractivity contribution in [3.05, 3.63) is 53.6 Å². The van der Waals surface area contributed by atoms with Gasteiger partial charge in [-0.25, -0.2) is 0 Å². The number of carbonyl (C=O) groups is 1. The Morgan fingerprint density at radius 2 is 1.68 bits per heavy atom. The van der Waals surface area contributed by atoms with Crippen LogP contribution in [0.15, 0.2) is 42.5 Å². The van der Waals surface area contributed by atoms with E-state index in [1.165, 1.54) is 16.7 Å². The maximum Gasteiger partial charge on any atom is 0.155 e. The lowest BCUT2D eigenvalue weighted by atomic mass is 9.85. The molecule has 1 nitrogen and oxygen atoms in total. The van der Waals surface area contributed by atoms with Gasteiger partial charge in [-0.1, -0.05) is 57.2 Å². The van der Waals surface area contributed by atoms with Crippen molar-refractivity contribution >= 4 is 11.4 Å². The van der Waals surface area contributed by atoms with Gasteiger partial charge in [0.1, 0.15) is 0 Å². The van der Waals surface area contributed by atoms with Gasteiger partial charge < -0.3 is 0 Å². The first kappa shape index (κ1) is 13.8. The standard InChI is InChI=1S/C18H22O/c1-18(2,3)16-12-10-15(11-13-16)14-6-4-8-17(19)9-5-7-14/h4,6,8,10-13H,5,7,9H2,1-3H3/b8-4-,14-6+. The lowest BCUT2D eigenvalue weighted by Crippen LogP contribution is -2.10. The third-order valence-corrected chi connectivity index (χ3v) is 3.57. The molecule has 0 saturated heterocycles. The molecule has 19 heavy (non-hydrogen) atoms. The summed E-state index contributed by atoms with van der Waals surface area (Å²) in [7, 11) is 0. The van der Waals surface area contributed by atoms with Crippen molar-refractivity contribution in [1.82, 2.24) is 0 Å². The molecule has 1 aliphatic carbocycles. The zero-order valence-corrected chi connectivity index (χ0v) is 12.1. The van der Waals surface area contributed by atoms with Gasteiger partial charge in [-0.05, 0) is 41.0 Å². The highest BCUT2D eigenvalue weighted by Crippen LogP contribution is 2.27. The van der Waals surface area contributed by atoms with E-state index in [0.29, 0.717) is 6.42 Å². The van der Waals surface area contributed by atoms with E-state index in [1.807, 2.05) is 6.08 Å². The average molecular weight is 254 g/mol. The van der Waals surface area contributed by atoms with E-state index in [2.05, 4.69) is 51.1 Å². The largest absolute Gasteiger partial charge is 0.295 e. The molecule has 0 N–H and O–H groups in total. The smallest absolute Gasteiger partial charge is 0.155 e. The summed E-state index contributed by atoms with van der Waals surface area (Å²) < 4.78 is 0. The minimum Gasteiger partial charge on any atom is -0.295 e. The van der Waals surface area contributed by atoms with Gasteiger partial charge in [0.25, 0.3) is 0 Å². The Morgan fingerprint density at radius 1 is 1.00 bits per heavy atom. The fourth-order valence-electron chi connectivity index (χ4n) is 2.32. The Hall–Kier alpha value is -1.63. The van der Waals surface area contributed by atoms with Crippen LogP contribution in [-0.4, -0.2) is 5.78 Å². The number of carbonyl (C=O) groups excluding carboxylic acids is 1. The van der Waals surface area contributed by atoms with Crippen LogP contribution < -0.4 is 0 Å². The molecule has 0 saturated carbocycles. The molecule has 0 atom stereocenters. The third-order valence-electron chi connectivity index (χ3n) is 3.57. The Labute approximate surface area is 116 Å². The molecule has 0 amide bonds. The Morgan fingerprint density at radius 3 is 2.32 bits per heavy atom. The summed E-state index contributed by atoms with van der Waals surface area (Å²) in [4.78, 5) is 11.3. The van der Waals surface area contributed by atoms with E-state index in [-0.39, 0.29) is 11.2 Å². The lowest BCUT2D eigenvalue weighted by Gasteiger charge is -2.19. The third kappa shape index (κ3) is 3.66. The molecule has 1 heteroatoms. The van der Waals surface area contributed by atoms with Crippen molar-refractivity contribution in [2.75, 3.05) is 0 Å². The number of benzene rings is 1. The first-order valence-electron chi connectivity index (χ1n) is 6.98. The fourth-order valence-corrected chi connectivity index (χ4v) is 2.32. The van der Waals surface area contributed by atoms with Crippen LogP contribution in [0.5, 0.6) is 0 Å². The van der Waals surface area contributed by atoms with Crippen LogP contribution in [0.3, 0.4) is 0 Å². The van der Waals surface area contributed by atoms with Gasteiger partial charge in [0.05, 0.1) is 0 Å². The fraction of sp³-hybridized carbons (Fsp3) is 0.389. The average Bonchev–Trinajstić information content (AvgIpc) is 2.33. The second-order valence-electron chi connectivity index (χ2n) is 6.20. The number of hydrogen-bond acceptors (Lipinski definition) is 1. The second-order valence-corrected chi connectivity index (χ2v) is 6.20. The summed E-state index contributed by atoms with van der Waals surface area (Å²) in [5.41, 5.74) is 4.14. The summed E-state index contributed by atoms with van der Waals surface area (Å²) >= 11 is 0. The maximum atomic E-state index is 11.3. The quantitative estimate of drug-likeness (QED) is 0.711. The minimum absolute atomic E-state index is 0.195. The molecular formula is C18H22O. The molecule has 0 bridgehead atoms. The van der Waals surface area contributed by atoms with Gasteiger partial charge in [0.2, 0.25) is 0 Å². The summed E-state index contributed by atoms with van der Waals surface area (Å²) in [6.07, 6.45) is 8.22. The Bertz CT molecular complexity index is 510. The van der Waals surface area contributed by atoms with Crippen LogP contribution in [-0.2, 0) is 10.2 Å². The molecule has 100 valence electrons. The molecule has 1 aliphatic rings. The van der Waals surface area contributed by atoms with Gasteiger partial charge in [-0.15, -0.1) is 0 Å². The summed E-state index contributed by atoms with van der Waals surface area (Å²) in [5.74, 6) is 0.235. The number of rotatable bonds is 1. The molecule has 1 aromatic carbocycles. The molecule has 0 heterocycles. The van der Waals surface area contributed by atoms with Crippen molar-refractivity contribution in [3.8, 4) is 0 Å². The Balaban J connectivity index is 2.24. The van der Waals surface area contributed by atoms with Gasteiger partial charge in [-0.2, -0.15) is 0 Å². The predicted octanol–water partition coefficient (Wildman–Crippen LogP) is 4.68. The van der Waals surface area contributed by atoms with E-state index in [9.17, 15) is 4.79 Å². The van der Waals surface area contributed by atoms with Crippen molar-refractivity contribution in [2.24, 2.45) is 0 Å². The van der Waals surface area contributed by atoms with E-state index in [4.69, 9.17) is 0 Å². The highest BCUT2D eigenvalue weighted by Gasteiger charge is 2.13. The van der Waals surface area contributed by atoms with Crippen LogP contribution >= 0.6 is 0 Å². The summed E-state index contributed by atoms with van der Waals surface area (Å²) in [6, 6.07) is 8.82. The maximum absolute atomic E-state index is 11.3. The zero-order valence-electron chi connectivity index (χ0n) is 12.1. The monoisotopic (exact) mass is 254 g/mol. The van der Waals surface area contributed by atoms with Crippen molar-refractivity contribution < 1.29 is 4.79 Å². The van der Waals surface area contributed by atoms with Gasteiger partial charge in [0.15, 0.2) is 5.78 Å². The first-order chi connectivity index (χ1) is 8.97. The SMILES string of the molecule is CC(C)(C)c1ccc(/C2=C/C=C\C(=O)CCC2)cc1. The predicted molar refractivity (Wildman–Crippen MR) is 81.1 cm³/mol. The van der Waals surface area contributed by atoms with Gasteiger partial charge >= 0.3 is 0 Å². The number of allylic oxidation sites excluding steroid dienone is 4. The van der Waals surface area contributed by atoms with Crippen molar-refractivity contribution in [2.45, 2.75) is 45.4 Å². The topological polar surface area (TPSA) is 17.1 Å². The van der Waals surface area contributed by atoms with Gasteiger partial charge in [-0.3, -0.25) is 4.79 Å². The number of ketones is 1. The molecule has 0 radical (unpaired) electrons. The van der Waals surface area contributed by atoms with Crippen LogP contribution in [0, 0.1) is 0 Å². The normalized spacial score (nSPS) is 21.2. The molecule has 0 aliphatic heterocycles. The van der Waals surface area contributed by atoms with Crippen molar-refractivity contribution in [3.63, 3.8) is 0 Å². The molecule has 1 aromatic rings.